The molecule has 2 aromatic rings. The molecule has 142 valence electrons. The number of thiophene rings is 1. The lowest BCUT2D eigenvalue weighted by Gasteiger charge is -2.39. The van der Waals surface area contributed by atoms with Gasteiger partial charge in [0.25, 0.3) is 5.91 Å². The highest BCUT2D eigenvalue weighted by atomic mass is 32.1. The molecule has 0 N–H and O–H groups in total. The summed E-state index contributed by atoms with van der Waals surface area (Å²) in [5.74, 6) is 1.04. The maximum atomic E-state index is 13.3. The average Bonchev–Trinajstić information content (AvgIpc) is 3.36. The lowest BCUT2D eigenvalue weighted by molar-refractivity contribution is -0.146. The summed E-state index contributed by atoms with van der Waals surface area (Å²) in [5, 5.41) is 3.80. The van der Waals surface area contributed by atoms with Gasteiger partial charge < -0.3 is 14.5 Å². The summed E-state index contributed by atoms with van der Waals surface area (Å²) < 4.78 is 5.29. The summed E-state index contributed by atoms with van der Waals surface area (Å²) in [5.41, 5.74) is 1.39. The van der Waals surface area contributed by atoms with Crippen molar-refractivity contribution in [1.29, 1.82) is 0 Å². The van der Waals surface area contributed by atoms with Crippen LogP contribution in [-0.4, -0.2) is 48.4 Å². The Balaban J connectivity index is 1.47. The third kappa shape index (κ3) is 3.46. The molecule has 0 radical (unpaired) electrons. The van der Waals surface area contributed by atoms with Crippen molar-refractivity contribution in [3.8, 4) is 5.75 Å². The number of hydrogen-bond donors (Lipinski definition) is 0. The van der Waals surface area contributed by atoms with Gasteiger partial charge in [0.15, 0.2) is 0 Å². The summed E-state index contributed by atoms with van der Waals surface area (Å²) in [4.78, 5) is 29.8. The summed E-state index contributed by atoms with van der Waals surface area (Å²) >= 11 is 1.53. The van der Waals surface area contributed by atoms with Crippen molar-refractivity contribution in [2.75, 3.05) is 26.7 Å². The molecule has 1 spiro atoms. The predicted molar refractivity (Wildman–Crippen MR) is 105 cm³/mol. The quantitative estimate of drug-likeness (QED) is 0.812. The van der Waals surface area contributed by atoms with E-state index in [4.69, 9.17) is 4.74 Å². The minimum atomic E-state index is -0.414. The maximum absolute atomic E-state index is 13.3. The van der Waals surface area contributed by atoms with Gasteiger partial charge in [-0.05, 0) is 48.4 Å². The van der Waals surface area contributed by atoms with E-state index >= 15 is 0 Å². The molecule has 6 heteroatoms. The summed E-state index contributed by atoms with van der Waals surface area (Å²) in [6.45, 7) is 2.56. The van der Waals surface area contributed by atoms with Crippen LogP contribution < -0.4 is 4.74 Å². The van der Waals surface area contributed by atoms with E-state index in [0.29, 0.717) is 19.6 Å². The largest absolute Gasteiger partial charge is 0.497 e. The molecular weight excluding hydrogens is 360 g/mol. The first-order chi connectivity index (χ1) is 13.1. The van der Waals surface area contributed by atoms with Gasteiger partial charge in [-0.15, -0.1) is 0 Å². The highest BCUT2D eigenvalue weighted by Crippen LogP contribution is 2.41. The molecule has 2 aliphatic rings. The molecule has 2 saturated heterocycles. The lowest BCUT2D eigenvalue weighted by atomic mass is 9.78. The van der Waals surface area contributed by atoms with E-state index in [-0.39, 0.29) is 11.8 Å². The fourth-order valence-corrected chi connectivity index (χ4v) is 4.92. The van der Waals surface area contributed by atoms with E-state index in [1.807, 2.05) is 50.9 Å². The number of rotatable bonds is 4. The number of benzene rings is 1. The van der Waals surface area contributed by atoms with Gasteiger partial charge in [-0.3, -0.25) is 9.59 Å². The van der Waals surface area contributed by atoms with Gasteiger partial charge in [-0.25, -0.2) is 0 Å². The zero-order valence-electron chi connectivity index (χ0n) is 15.5. The molecule has 5 nitrogen and oxygen atoms in total. The Morgan fingerprint density at radius 1 is 1.26 bits per heavy atom. The fraction of sp³-hybridized carbons (Fsp3) is 0.429. The highest BCUT2D eigenvalue weighted by molar-refractivity contribution is 7.08. The van der Waals surface area contributed by atoms with Gasteiger partial charge in [0.05, 0.1) is 18.1 Å². The van der Waals surface area contributed by atoms with E-state index in [1.54, 1.807) is 7.11 Å². The normalized spacial score (nSPS) is 22.5. The van der Waals surface area contributed by atoms with Crippen molar-refractivity contribution in [1.82, 2.24) is 9.80 Å². The van der Waals surface area contributed by atoms with E-state index in [1.165, 1.54) is 11.3 Å². The van der Waals surface area contributed by atoms with Crippen LogP contribution in [-0.2, 0) is 11.3 Å². The molecule has 2 amide bonds. The molecule has 0 bridgehead atoms. The van der Waals surface area contributed by atoms with Crippen LogP contribution in [0.5, 0.6) is 5.75 Å². The monoisotopic (exact) mass is 384 g/mol. The number of methoxy groups -OCH3 is 1. The van der Waals surface area contributed by atoms with Crippen molar-refractivity contribution in [2.24, 2.45) is 5.41 Å². The van der Waals surface area contributed by atoms with E-state index in [0.717, 1.165) is 42.7 Å². The smallest absolute Gasteiger partial charge is 0.254 e. The topological polar surface area (TPSA) is 49.9 Å². The third-order valence-electron chi connectivity index (χ3n) is 5.74. The summed E-state index contributed by atoms with van der Waals surface area (Å²) in [6, 6.07) is 9.73. The maximum Gasteiger partial charge on any atom is 0.254 e. The second-order valence-electron chi connectivity index (χ2n) is 7.45. The van der Waals surface area contributed by atoms with Crippen LogP contribution in [0.4, 0.5) is 0 Å². The minimum absolute atomic E-state index is 0.0471. The molecule has 1 aromatic carbocycles. The second-order valence-corrected chi connectivity index (χ2v) is 8.23. The highest BCUT2D eigenvalue weighted by Gasteiger charge is 2.49. The van der Waals surface area contributed by atoms with Crippen LogP contribution >= 0.6 is 11.3 Å². The fourth-order valence-electron chi connectivity index (χ4n) is 4.29. The first-order valence-electron chi connectivity index (χ1n) is 9.35. The molecule has 4 rings (SSSR count). The molecule has 27 heavy (non-hydrogen) atoms. The zero-order chi connectivity index (χ0) is 18.9. The Kier molecular flexibility index (Phi) is 4.91. The summed E-state index contributed by atoms with van der Waals surface area (Å²) in [7, 11) is 1.65. The number of likely N-dealkylation sites (tertiary alicyclic amines) is 2. The SMILES string of the molecule is COc1cccc(CN2CCC[C@]3(CCN(C(=O)c4ccsc4)C3)C2=O)c1. The van der Waals surface area contributed by atoms with Gasteiger partial charge in [0.2, 0.25) is 5.91 Å². The Morgan fingerprint density at radius 3 is 2.93 bits per heavy atom. The Labute approximate surface area is 163 Å². The number of amides is 2. The van der Waals surface area contributed by atoms with Crippen LogP contribution in [0, 0.1) is 5.41 Å². The molecule has 2 aliphatic heterocycles. The van der Waals surface area contributed by atoms with Crippen molar-refractivity contribution >= 4 is 23.2 Å². The van der Waals surface area contributed by atoms with Gasteiger partial charge >= 0.3 is 0 Å². The Morgan fingerprint density at radius 2 is 2.15 bits per heavy atom. The number of nitrogens with zero attached hydrogens (tertiary/aromatic N) is 2. The van der Waals surface area contributed by atoms with E-state index in [9.17, 15) is 9.59 Å². The van der Waals surface area contributed by atoms with Crippen LogP contribution in [0.15, 0.2) is 41.1 Å². The predicted octanol–water partition coefficient (Wildman–Crippen LogP) is 3.41. The van der Waals surface area contributed by atoms with Crippen LogP contribution in [0.25, 0.3) is 0 Å². The second kappa shape index (κ2) is 7.35. The first-order valence-corrected chi connectivity index (χ1v) is 10.3. The molecule has 3 heterocycles. The van der Waals surface area contributed by atoms with Gasteiger partial charge in [-0.2, -0.15) is 11.3 Å². The van der Waals surface area contributed by atoms with Crippen LogP contribution in [0.1, 0.15) is 35.2 Å². The number of carbonyl (C=O) groups is 2. The number of piperidine rings is 1. The Hall–Kier alpha value is -2.34. The molecule has 1 atom stereocenters. The Bertz CT molecular complexity index is 836. The van der Waals surface area contributed by atoms with Gasteiger partial charge in [-0.1, -0.05) is 12.1 Å². The van der Waals surface area contributed by atoms with Gasteiger partial charge in [0, 0.05) is 31.6 Å². The number of ether oxygens (including phenoxy) is 1. The molecule has 0 saturated carbocycles. The molecule has 0 unspecified atom stereocenters. The van der Waals surface area contributed by atoms with Crippen molar-refractivity contribution < 1.29 is 14.3 Å². The van der Waals surface area contributed by atoms with Gasteiger partial charge in [0.1, 0.15) is 5.75 Å². The van der Waals surface area contributed by atoms with E-state index in [2.05, 4.69) is 0 Å². The van der Waals surface area contributed by atoms with Crippen molar-refractivity contribution in [2.45, 2.75) is 25.8 Å². The number of carbonyl (C=O) groups excluding carboxylic acids is 2. The van der Waals surface area contributed by atoms with Crippen molar-refractivity contribution in [3.63, 3.8) is 0 Å². The lowest BCUT2D eigenvalue weighted by Crippen LogP contribution is -2.50. The zero-order valence-corrected chi connectivity index (χ0v) is 16.3. The standard InChI is InChI=1S/C21H24N2O3S/c1-26-18-5-2-4-16(12-18)13-22-9-3-7-21(20(22)25)8-10-23(15-21)19(24)17-6-11-27-14-17/h2,4-6,11-12,14H,3,7-10,13,15H2,1H3/t21-/m1/s1. The van der Waals surface area contributed by atoms with E-state index < -0.39 is 5.41 Å². The average molecular weight is 385 g/mol. The molecule has 2 fully saturated rings. The third-order valence-corrected chi connectivity index (χ3v) is 6.42. The summed E-state index contributed by atoms with van der Waals surface area (Å²) in [6.07, 6.45) is 2.61. The van der Waals surface area contributed by atoms with Crippen molar-refractivity contribution in [3.05, 3.63) is 52.2 Å². The minimum Gasteiger partial charge on any atom is -0.497 e. The molecule has 1 aromatic heterocycles. The first kappa shape index (κ1) is 18.0. The molecular formula is C21H24N2O3S. The van der Waals surface area contributed by atoms with Crippen LogP contribution in [0.2, 0.25) is 0 Å². The number of hydrogen-bond acceptors (Lipinski definition) is 4. The van der Waals surface area contributed by atoms with Crippen LogP contribution in [0.3, 0.4) is 0 Å². The molecule has 0 aliphatic carbocycles.